The molecule has 2 aliphatic rings. The Morgan fingerprint density at radius 2 is 1.96 bits per heavy atom. The molecular formula is C19H27N3O3. The van der Waals surface area contributed by atoms with Crippen LogP contribution in [0.15, 0.2) is 30.3 Å². The van der Waals surface area contributed by atoms with Crippen molar-refractivity contribution < 1.29 is 14.7 Å². The molecule has 0 aromatic heterocycles. The Hall–Kier alpha value is -2.08. The van der Waals surface area contributed by atoms with Crippen LogP contribution in [0.1, 0.15) is 25.3 Å². The van der Waals surface area contributed by atoms with Crippen molar-refractivity contribution in [3.8, 4) is 0 Å². The quantitative estimate of drug-likeness (QED) is 0.876. The molecule has 2 saturated heterocycles. The van der Waals surface area contributed by atoms with Gasteiger partial charge in [-0.1, -0.05) is 37.3 Å². The van der Waals surface area contributed by atoms with Crippen LogP contribution in [-0.4, -0.2) is 59.1 Å². The lowest BCUT2D eigenvalue weighted by Gasteiger charge is -2.35. The van der Waals surface area contributed by atoms with Gasteiger partial charge in [0.05, 0.1) is 5.92 Å². The number of carbonyl (C=O) groups is 2. The number of carboxylic acid groups (broad SMARTS) is 1. The number of rotatable bonds is 4. The van der Waals surface area contributed by atoms with Crippen LogP contribution >= 0.6 is 0 Å². The van der Waals surface area contributed by atoms with Gasteiger partial charge in [0.15, 0.2) is 0 Å². The molecule has 1 aromatic carbocycles. The second-order valence-electron chi connectivity index (χ2n) is 7.44. The first-order valence-electron chi connectivity index (χ1n) is 9.06. The third-order valence-corrected chi connectivity index (χ3v) is 5.15. The molecule has 0 spiro atoms. The molecule has 2 N–H and O–H groups in total. The number of amides is 2. The number of carbonyl (C=O) groups excluding carboxylic acids is 1. The van der Waals surface area contributed by atoms with Crippen molar-refractivity contribution in [2.45, 2.75) is 32.4 Å². The molecule has 2 fully saturated rings. The number of hydrogen-bond donors (Lipinski definition) is 2. The van der Waals surface area contributed by atoms with Gasteiger partial charge in [-0.3, -0.25) is 9.69 Å². The highest BCUT2D eigenvalue weighted by atomic mass is 16.4. The lowest BCUT2D eigenvalue weighted by Crippen LogP contribution is -2.52. The first-order chi connectivity index (χ1) is 12.0. The fraction of sp³-hybridized carbons (Fsp3) is 0.579. The SMILES string of the molecule is CC1CC(C(=O)O)CN(C(=O)NC2CCN(Cc3ccccc3)C2)C1. The topological polar surface area (TPSA) is 72.9 Å². The summed E-state index contributed by atoms with van der Waals surface area (Å²) in [5.74, 6) is -1.04. The van der Waals surface area contributed by atoms with E-state index in [-0.39, 0.29) is 18.0 Å². The highest BCUT2D eigenvalue weighted by Gasteiger charge is 2.33. The average Bonchev–Trinajstić information content (AvgIpc) is 3.02. The van der Waals surface area contributed by atoms with Gasteiger partial charge in [0.2, 0.25) is 0 Å². The fourth-order valence-electron chi connectivity index (χ4n) is 3.90. The molecule has 0 aliphatic carbocycles. The van der Waals surface area contributed by atoms with Crippen LogP contribution in [0.4, 0.5) is 4.79 Å². The lowest BCUT2D eigenvalue weighted by atomic mass is 9.91. The second kappa shape index (κ2) is 7.87. The highest BCUT2D eigenvalue weighted by Crippen LogP contribution is 2.22. The van der Waals surface area contributed by atoms with E-state index in [0.29, 0.717) is 19.5 Å². The van der Waals surface area contributed by atoms with E-state index in [4.69, 9.17) is 0 Å². The molecule has 6 nitrogen and oxygen atoms in total. The summed E-state index contributed by atoms with van der Waals surface area (Å²) in [7, 11) is 0. The van der Waals surface area contributed by atoms with E-state index in [1.54, 1.807) is 4.90 Å². The first kappa shape index (κ1) is 17.7. The smallest absolute Gasteiger partial charge is 0.317 e. The zero-order valence-electron chi connectivity index (χ0n) is 14.7. The zero-order chi connectivity index (χ0) is 17.8. The van der Waals surface area contributed by atoms with Crippen molar-refractivity contribution in [3.63, 3.8) is 0 Å². The third-order valence-electron chi connectivity index (χ3n) is 5.15. The number of likely N-dealkylation sites (tertiary alicyclic amines) is 2. The van der Waals surface area contributed by atoms with Gasteiger partial charge in [-0.2, -0.15) is 0 Å². The summed E-state index contributed by atoms with van der Waals surface area (Å²) in [6.45, 7) is 5.66. The Kier molecular flexibility index (Phi) is 5.58. The normalized spacial score (nSPS) is 27.2. The Balaban J connectivity index is 1.49. The average molecular weight is 345 g/mol. The summed E-state index contributed by atoms with van der Waals surface area (Å²) in [4.78, 5) is 27.8. The molecule has 2 aliphatic heterocycles. The number of nitrogens with one attached hydrogen (secondary N) is 1. The minimum atomic E-state index is -0.806. The standard InChI is InChI=1S/C19H27N3O3/c1-14-9-16(18(23)24)12-22(10-14)19(25)20-17-7-8-21(13-17)11-15-5-3-2-4-6-15/h2-6,14,16-17H,7-13H2,1H3,(H,20,25)(H,23,24). The number of benzene rings is 1. The van der Waals surface area contributed by atoms with Crippen LogP contribution < -0.4 is 5.32 Å². The van der Waals surface area contributed by atoms with Crippen LogP contribution in [0, 0.1) is 11.8 Å². The van der Waals surface area contributed by atoms with E-state index >= 15 is 0 Å². The van der Waals surface area contributed by atoms with E-state index in [1.165, 1.54) is 5.56 Å². The van der Waals surface area contributed by atoms with Gasteiger partial charge in [0.25, 0.3) is 0 Å². The van der Waals surface area contributed by atoms with E-state index in [0.717, 1.165) is 26.1 Å². The van der Waals surface area contributed by atoms with Crippen LogP contribution in [0.25, 0.3) is 0 Å². The molecule has 2 heterocycles. The van der Waals surface area contributed by atoms with E-state index < -0.39 is 11.9 Å². The summed E-state index contributed by atoms with van der Waals surface area (Å²) in [6.07, 6.45) is 1.58. The number of piperidine rings is 1. The minimum absolute atomic E-state index is 0.121. The van der Waals surface area contributed by atoms with Crippen molar-refractivity contribution in [3.05, 3.63) is 35.9 Å². The Morgan fingerprint density at radius 1 is 1.20 bits per heavy atom. The largest absolute Gasteiger partial charge is 0.481 e. The summed E-state index contributed by atoms with van der Waals surface area (Å²) in [6, 6.07) is 10.4. The number of hydrogen-bond acceptors (Lipinski definition) is 3. The van der Waals surface area contributed by atoms with Gasteiger partial charge in [-0.25, -0.2) is 4.79 Å². The minimum Gasteiger partial charge on any atom is -0.481 e. The van der Waals surface area contributed by atoms with Gasteiger partial charge in [0.1, 0.15) is 0 Å². The molecule has 3 unspecified atom stereocenters. The summed E-state index contributed by atoms with van der Waals surface area (Å²) < 4.78 is 0. The number of carboxylic acids is 1. The van der Waals surface area contributed by atoms with Crippen LogP contribution in [0.3, 0.4) is 0 Å². The maximum atomic E-state index is 12.5. The van der Waals surface area contributed by atoms with Crippen molar-refractivity contribution in [1.29, 1.82) is 0 Å². The summed E-state index contributed by atoms with van der Waals surface area (Å²) >= 11 is 0. The van der Waals surface area contributed by atoms with Crippen LogP contribution in [0.2, 0.25) is 0 Å². The molecular weight excluding hydrogens is 318 g/mol. The maximum Gasteiger partial charge on any atom is 0.317 e. The summed E-state index contributed by atoms with van der Waals surface area (Å²) in [5, 5.41) is 12.3. The Bertz CT molecular complexity index is 607. The van der Waals surface area contributed by atoms with Crippen molar-refractivity contribution >= 4 is 12.0 Å². The number of nitrogens with zero attached hydrogens (tertiary/aromatic N) is 2. The van der Waals surface area contributed by atoms with Gasteiger partial charge in [-0.15, -0.1) is 0 Å². The van der Waals surface area contributed by atoms with Crippen LogP contribution in [0.5, 0.6) is 0 Å². The molecule has 3 atom stereocenters. The first-order valence-corrected chi connectivity index (χ1v) is 9.06. The lowest BCUT2D eigenvalue weighted by molar-refractivity contribution is -0.143. The van der Waals surface area contributed by atoms with E-state index in [2.05, 4.69) is 22.3 Å². The molecule has 136 valence electrons. The Labute approximate surface area is 148 Å². The molecule has 6 heteroatoms. The van der Waals surface area contributed by atoms with Crippen LogP contribution in [-0.2, 0) is 11.3 Å². The maximum absolute atomic E-state index is 12.5. The molecule has 0 saturated carbocycles. The predicted octanol–water partition coefficient (Wildman–Crippen LogP) is 2.01. The van der Waals surface area contributed by atoms with Crippen molar-refractivity contribution in [1.82, 2.24) is 15.1 Å². The second-order valence-corrected chi connectivity index (χ2v) is 7.44. The fourth-order valence-corrected chi connectivity index (χ4v) is 3.90. The Morgan fingerprint density at radius 3 is 2.68 bits per heavy atom. The molecule has 25 heavy (non-hydrogen) atoms. The molecule has 0 bridgehead atoms. The monoisotopic (exact) mass is 345 g/mol. The molecule has 1 aromatic rings. The molecule has 0 radical (unpaired) electrons. The van der Waals surface area contributed by atoms with Gasteiger partial charge in [0, 0.05) is 38.8 Å². The zero-order valence-corrected chi connectivity index (χ0v) is 14.7. The summed E-state index contributed by atoms with van der Waals surface area (Å²) in [5.41, 5.74) is 1.28. The van der Waals surface area contributed by atoms with Crippen molar-refractivity contribution in [2.24, 2.45) is 11.8 Å². The predicted molar refractivity (Wildman–Crippen MR) is 95.1 cm³/mol. The number of aliphatic carboxylic acids is 1. The van der Waals surface area contributed by atoms with E-state index in [9.17, 15) is 14.7 Å². The van der Waals surface area contributed by atoms with Gasteiger partial charge < -0.3 is 15.3 Å². The molecule has 2 amide bonds. The molecule has 3 rings (SSSR count). The third kappa shape index (κ3) is 4.72. The van der Waals surface area contributed by atoms with Gasteiger partial charge >= 0.3 is 12.0 Å². The van der Waals surface area contributed by atoms with Crippen molar-refractivity contribution in [2.75, 3.05) is 26.2 Å². The number of urea groups is 1. The highest BCUT2D eigenvalue weighted by molar-refractivity contribution is 5.77. The van der Waals surface area contributed by atoms with E-state index in [1.807, 2.05) is 25.1 Å². The van der Waals surface area contributed by atoms with Gasteiger partial charge in [-0.05, 0) is 24.3 Å².